The van der Waals surface area contributed by atoms with Crippen molar-refractivity contribution in [2.45, 2.75) is 31.8 Å². The van der Waals surface area contributed by atoms with Crippen LogP contribution in [0.5, 0.6) is 0 Å². The Hall–Kier alpha value is -1.49. The highest BCUT2D eigenvalue weighted by molar-refractivity contribution is 5.82. The van der Waals surface area contributed by atoms with Crippen LogP contribution in [0.2, 0.25) is 0 Å². The summed E-state index contributed by atoms with van der Waals surface area (Å²) in [6, 6.07) is -0.0618. The van der Waals surface area contributed by atoms with Crippen LogP contribution < -0.4 is 10.6 Å². The van der Waals surface area contributed by atoms with Crippen molar-refractivity contribution in [2.75, 3.05) is 6.54 Å². The first kappa shape index (κ1) is 11.0. The summed E-state index contributed by atoms with van der Waals surface area (Å²) in [5, 5.41) is 6.12. The van der Waals surface area contributed by atoms with Crippen molar-refractivity contribution in [1.82, 2.24) is 20.6 Å². The van der Waals surface area contributed by atoms with E-state index in [9.17, 15) is 4.79 Å². The van der Waals surface area contributed by atoms with Gasteiger partial charge in [0.2, 0.25) is 5.91 Å². The van der Waals surface area contributed by atoms with Gasteiger partial charge in [-0.25, -0.2) is 0 Å². The van der Waals surface area contributed by atoms with Gasteiger partial charge in [-0.2, -0.15) is 0 Å². The van der Waals surface area contributed by atoms with Crippen molar-refractivity contribution >= 4 is 5.91 Å². The third kappa shape index (κ3) is 2.55. The first-order valence-corrected chi connectivity index (χ1v) is 5.57. The number of hydrogen-bond acceptors (Lipinski definition) is 4. The molecule has 5 nitrogen and oxygen atoms in total. The second-order valence-corrected chi connectivity index (χ2v) is 4.00. The molecule has 16 heavy (non-hydrogen) atoms. The fourth-order valence-corrected chi connectivity index (χ4v) is 1.85. The highest BCUT2D eigenvalue weighted by atomic mass is 16.2. The van der Waals surface area contributed by atoms with Gasteiger partial charge in [-0.1, -0.05) is 0 Å². The first-order chi connectivity index (χ1) is 7.77. The average molecular weight is 220 g/mol. The Morgan fingerprint density at radius 3 is 3.12 bits per heavy atom. The number of amides is 1. The summed E-state index contributed by atoms with van der Waals surface area (Å²) in [5.74, 6) is 0.0852. The van der Waals surface area contributed by atoms with E-state index in [0.29, 0.717) is 0 Å². The highest BCUT2D eigenvalue weighted by Crippen LogP contribution is 2.11. The molecule has 2 unspecified atom stereocenters. The molecule has 5 heteroatoms. The standard InChI is InChI=1S/C11H16N4O/c1-8(10-7-12-5-6-13-10)15-9-3-2-4-14-11(9)16/h5-9,15H,2-4H2,1H3,(H,14,16). The number of nitrogens with zero attached hydrogens (tertiary/aromatic N) is 2. The number of rotatable bonds is 3. The van der Waals surface area contributed by atoms with Crippen LogP contribution in [0.1, 0.15) is 31.5 Å². The molecule has 1 aliphatic heterocycles. The summed E-state index contributed by atoms with van der Waals surface area (Å²) in [6.07, 6.45) is 6.93. The van der Waals surface area contributed by atoms with Crippen LogP contribution in [-0.4, -0.2) is 28.5 Å². The van der Waals surface area contributed by atoms with Crippen molar-refractivity contribution < 1.29 is 4.79 Å². The van der Waals surface area contributed by atoms with Crippen LogP contribution in [0, 0.1) is 0 Å². The molecule has 1 aromatic heterocycles. The van der Waals surface area contributed by atoms with E-state index in [2.05, 4.69) is 20.6 Å². The fourth-order valence-electron chi connectivity index (χ4n) is 1.85. The number of piperidine rings is 1. The third-order valence-electron chi connectivity index (χ3n) is 2.76. The molecule has 2 heterocycles. The molecule has 1 aromatic rings. The largest absolute Gasteiger partial charge is 0.355 e. The number of aromatic nitrogens is 2. The highest BCUT2D eigenvalue weighted by Gasteiger charge is 2.23. The fraction of sp³-hybridized carbons (Fsp3) is 0.545. The molecule has 2 N–H and O–H groups in total. The zero-order chi connectivity index (χ0) is 11.4. The predicted molar refractivity (Wildman–Crippen MR) is 59.6 cm³/mol. The topological polar surface area (TPSA) is 66.9 Å². The van der Waals surface area contributed by atoms with Crippen molar-refractivity contribution in [1.29, 1.82) is 0 Å². The van der Waals surface area contributed by atoms with E-state index in [-0.39, 0.29) is 18.0 Å². The van der Waals surface area contributed by atoms with E-state index in [0.717, 1.165) is 25.1 Å². The van der Waals surface area contributed by atoms with Gasteiger partial charge in [0.1, 0.15) is 0 Å². The monoisotopic (exact) mass is 220 g/mol. The molecule has 0 saturated carbocycles. The summed E-state index contributed by atoms with van der Waals surface area (Å²) in [5.41, 5.74) is 0.862. The maximum absolute atomic E-state index is 11.6. The molecule has 86 valence electrons. The Kier molecular flexibility index (Phi) is 3.46. The summed E-state index contributed by atoms with van der Waals surface area (Å²) in [6.45, 7) is 2.78. The maximum atomic E-state index is 11.6. The second-order valence-electron chi connectivity index (χ2n) is 4.00. The van der Waals surface area contributed by atoms with Gasteiger partial charge in [0.05, 0.1) is 11.7 Å². The zero-order valence-corrected chi connectivity index (χ0v) is 9.31. The smallest absolute Gasteiger partial charge is 0.237 e. The van der Waals surface area contributed by atoms with E-state index in [1.165, 1.54) is 0 Å². The van der Waals surface area contributed by atoms with Crippen LogP contribution in [0.3, 0.4) is 0 Å². The first-order valence-electron chi connectivity index (χ1n) is 5.57. The average Bonchev–Trinajstić information content (AvgIpc) is 2.33. The van der Waals surface area contributed by atoms with Gasteiger partial charge in [0.15, 0.2) is 0 Å². The van der Waals surface area contributed by atoms with E-state index >= 15 is 0 Å². The Morgan fingerprint density at radius 1 is 1.56 bits per heavy atom. The van der Waals surface area contributed by atoms with Crippen LogP contribution in [0.15, 0.2) is 18.6 Å². The number of hydrogen-bond donors (Lipinski definition) is 2. The molecule has 1 saturated heterocycles. The van der Waals surface area contributed by atoms with E-state index < -0.39 is 0 Å². The lowest BCUT2D eigenvalue weighted by molar-refractivity contribution is -0.124. The summed E-state index contributed by atoms with van der Waals surface area (Å²) >= 11 is 0. The Balaban J connectivity index is 1.96. The quantitative estimate of drug-likeness (QED) is 0.774. The Morgan fingerprint density at radius 2 is 2.44 bits per heavy atom. The minimum Gasteiger partial charge on any atom is -0.355 e. The van der Waals surface area contributed by atoms with Gasteiger partial charge in [0.25, 0.3) is 0 Å². The minimum absolute atomic E-state index is 0.0440. The van der Waals surface area contributed by atoms with Gasteiger partial charge < -0.3 is 5.32 Å². The van der Waals surface area contributed by atoms with Crippen LogP contribution in [-0.2, 0) is 4.79 Å². The van der Waals surface area contributed by atoms with Crippen molar-refractivity contribution in [3.05, 3.63) is 24.3 Å². The van der Waals surface area contributed by atoms with Gasteiger partial charge in [-0.05, 0) is 19.8 Å². The Labute approximate surface area is 94.7 Å². The van der Waals surface area contributed by atoms with E-state index in [1.54, 1.807) is 18.6 Å². The summed E-state index contributed by atoms with van der Waals surface area (Å²) in [4.78, 5) is 19.8. The lowest BCUT2D eigenvalue weighted by Gasteiger charge is -2.25. The van der Waals surface area contributed by atoms with Crippen LogP contribution >= 0.6 is 0 Å². The van der Waals surface area contributed by atoms with Gasteiger partial charge >= 0.3 is 0 Å². The zero-order valence-electron chi connectivity index (χ0n) is 9.31. The SMILES string of the molecule is CC(NC1CCCNC1=O)c1cnccn1. The lowest BCUT2D eigenvalue weighted by Crippen LogP contribution is -2.48. The number of carbonyl (C=O) groups excluding carboxylic acids is 1. The van der Waals surface area contributed by atoms with E-state index in [1.807, 2.05) is 6.92 Å². The third-order valence-corrected chi connectivity index (χ3v) is 2.76. The second kappa shape index (κ2) is 5.03. The minimum atomic E-state index is -0.106. The molecule has 1 fully saturated rings. The molecule has 0 aliphatic carbocycles. The molecule has 0 spiro atoms. The molecule has 1 aliphatic rings. The molecular formula is C11H16N4O. The molecule has 2 atom stereocenters. The van der Waals surface area contributed by atoms with Crippen molar-refractivity contribution in [3.63, 3.8) is 0 Å². The van der Waals surface area contributed by atoms with Gasteiger partial charge in [-0.3, -0.25) is 20.1 Å². The molecule has 0 bridgehead atoms. The molecule has 0 aromatic carbocycles. The normalized spacial score (nSPS) is 22.6. The molecule has 0 radical (unpaired) electrons. The number of nitrogens with one attached hydrogen (secondary N) is 2. The maximum Gasteiger partial charge on any atom is 0.237 e. The summed E-state index contributed by atoms with van der Waals surface area (Å²) in [7, 11) is 0. The summed E-state index contributed by atoms with van der Waals surface area (Å²) < 4.78 is 0. The number of carbonyl (C=O) groups is 1. The molecular weight excluding hydrogens is 204 g/mol. The lowest BCUT2D eigenvalue weighted by atomic mass is 10.1. The van der Waals surface area contributed by atoms with Crippen LogP contribution in [0.4, 0.5) is 0 Å². The van der Waals surface area contributed by atoms with E-state index in [4.69, 9.17) is 0 Å². The molecule has 2 rings (SSSR count). The van der Waals surface area contributed by atoms with Crippen molar-refractivity contribution in [2.24, 2.45) is 0 Å². The van der Waals surface area contributed by atoms with Crippen LogP contribution in [0.25, 0.3) is 0 Å². The Bertz CT molecular complexity index is 354. The predicted octanol–water partition coefficient (Wildman–Crippen LogP) is 0.406. The van der Waals surface area contributed by atoms with Crippen molar-refractivity contribution in [3.8, 4) is 0 Å². The van der Waals surface area contributed by atoms with Gasteiger partial charge in [-0.15, -0.1) is 0 Å². The molecule has 1 amide bonds. The van der Waals surface area contributed by atoms with Gasteiger partial charge in [0, 0.05) is 31.2 Å².